The largest absolute Gasteiger partial charge is 0.390 e. The summed E-state index contributed by atoms with van der Waals surface area (Å²) in [7, 11) is 0. The van der Waals surface area contributed by atoms with Crippen LogP contribution in [0.1, 0.15) is 10.7 Å². The number of benzene rings is 1. The van der Waals surface area contributed by atoms with Gasteiger partial charge in [0.25, 0.3) is 5.69 Å². The van der Waals surface area contributed by atoms with Crippen LogP contribution in [0.15, 0.2) is 23.6 Å². The van der Waals surface area contributed by atoms with Crippen LogP contribution in [-0.4, -0.2) is 15.0 Å². The molecule has 0 bridgehead atoms. The number of nitrogens with zero attached hydrogens (tertiary/aromatic N) is 2. The summed E-state index contributed by atoms with van der Waals surface area (Å²) >= 11 is 1.33. The molecule has 1 aromatic carbocycles. The summed E-state index contributed by atoms with van der Waals surface area (Å²) in [6, 6.07) is 3.33. The van der Waals surface area contributed by atoms with Gasteiger partial charge >= 0.3 is 0 Å². The standard InChI is InChI=1S/C11H10FN3O3S/c12-7-1-2-9(10(3-7)15(17)18)13-4-11-14-8(5-16)6-19-11/h1-3,6,13,16H,4-5H2. The van der Waals surface area contributed by atoms with E-state index in [1.807, 2.05) is 0 Å². The van der Waals surface area contributed by atoms with Gasteiger partial charge in [-0.25, -0.2) is 9.37 Å². The van der Waals surface area contributed by atoms with Gasteiger partial charge in [-0.15, -0.1) is 11.3 Å². The Morgan fingerprint density at radius 1 is 1.53 bits per heavy atom. The second-order valence-electron chi connectivity index (χ2n) is 3.66. The number of hydrogen-bond donors (Lipinski definition) is 2. The molecule has 1 heterocycles. The van der Waals surface area contributed by atoms with Crippen LogP contribution >= 0.6 is 11.3 Å². The predicted molar refractivity (Wildman–Crippen MR) is 68.4 cm³/mol. The molecule has 0 aliphatic carbocycles. The number of hydrogen-bond acceptors (Lipinski definition) is 6. The van der Waals surface area contributed by atoms with Crippen molar-refractivity contribution in [2.45, 2.75) is 13.2 Å². The van der Waals surface area contributed by atoms with Crippen molar-refractivity contribution < 1.29 is 14.4 Å². The Kier molecular flexibility index (Phi) is 4.03. The zero-order chi connectivity index (χ0) is 13.8. The van der Waals surface area contributed by atoms with Gasteiger partial charge in [0.15, 0.2) is 0 Å². The molecular formula is C11H10FN3O3S. The van der Waals surface area contributed by atoms with Gasteiger partial charge in [0, 0.05) is 5.38 Å². The smallest absolute Gasteiger partial charge is 0.295 e. The molecule has 2 rings (SSSR count). The van der Waals surface area contributed by atoms with Crippen molar-refractivity contribution in [3.8, 4) is 0 Å². The first-order valence-electron chi connectivity index (χ1n) is 5.32. The third-order valence-electron chi connectivity index (χ3n) is 2.35. The maximum atomic E-state index is 12.9. The van der Waals surface area contributed by atoms with E-state index in [9.17, 15) is 14.5 Å². The molecule has 2 aromatic rings. The van der Waals surface area contributed by atoms with Gasteiger partial charge < -0.3 is 10.4 Å². The number of halogens is 1. The summed E-state index contributed by atoms with van der Waals surface area (Å²) in [5.74, 6) is -0.658. The number of anilines is 1. The van der Waals surface area contributed by atoms with E-state index in [-0.39, 0.29) is 24.5 Å². The molecule has 2 N–H and O–H groups in total. The molecule has 6 nitrogen and oxygen atoms in total. The predicted octanol–water partition coefficient (Wildman–Crippen LogP) is 2.29. The summed E-state index contributed by atoms with van der Waals surface area (Å²) in [5.41, 5.74) is 0.460. The lowest BCUT2D eigenvalue weighted by molar-refractivity contribution is -0.384. The average Bonchev–Trinajstić information content (AvgIpc) is 2.85. The molecule has 0 fully saturated rings. The van der Waals surface area contributed by atoms with Crippen LogP contribution in [0, 0.1) is 15.9 Å². The minimum Gasteiger partial charge on any atom is -0.390 e. The van der Waals surface area contributed by atoms with Gasteiger partial charge in [-0.3, -0.25) is 10.1 Å². The van der Waals surface area contributed by atoms with Crippen molar-refractivity contribution >= 4 is 22.7 Å². The number of aliphatic hydroxyl groups is 1. The monoisotopic (exact) mass is 283 g/mol. The lowest BCUT2D eigenvalue weighted by Crippen LogP contribution is -2.03. The highest BCUT2D eigenvalue weighted by Crippen LogP contribution is 2.25. The van der Waals surface area contributed by atoms with Crippen LogP contribution < -0.4 is 5.32 Å². The summed E-state index contributed by atoms with van der Waals surface area (Å²) < 4.78 is 12.9. The van der Waals surface area contributed by atoms with Gasteiger partial charge in [0.1, 0.15) is 16.5 Å². The van der Waals surface area contributed by atoms with E-state index in [1.165, 1.54) is 17.4 Å². The number of aliphatic hydroxyl groups excluding tert-OH is 1. The quantitative estimate of drug-likeness (QED) is 0.649. The number of nitro groups is 1. The summed E-state index contributed by atoms with van der Waals surface area (Å²) in [5, 5.41) is 24.9. The molecule has 0 aliphatic heterocycles. The van der Waals surface area contributed by atoms with E-state index >= 15 is 0 Å². The van der Waals surface area contributed by atoms with Crippen molar-refractivity contribution in [3.05, 3.63) is 50.2 Å². The van der Waals surface area contributed by atoms with E-state index in [0.29, 0.717) is 10.7 Å². The van der Waals surface area contributed by atoms with Crippen LogP contribution in [0.25, 0.3) is 0 Å². The van der Waals surface area contributed by atoms with Crippen LogP contribution in [0.3, 0.4) is 0 Å². The Labute approximate surface area is 111 Å². The van der Waals surface area contributed by atoms with Gasteiger partial charge in [0.05, 0.1) is 29.8 Å². The molecule has 0 spiro atoms. The second kappa shape index (κ2) is 5.72. The summed E-state index contributed by atoms with van der Waals surface area (Å²) in [4.78, 5) is 14.2. The van der Waals surface area contributed by atoms with Crippen molar-refractivity contribution in [2.75, 3.05) is 5.32 Å². The molecule has 19 heavy (non-hydrogen) atoms. The lowest BCUT2D eigenvalue weighted by Gasteiger charge is -2.05. The third kappa shape index (κ3) is 3.24. The topological polar surface area (TPSA) is 88.3 Å². The maximum Gasteiger partial charge on any atom is 0.295 e. The fourth-order valence-corrected chi connectivity index (χ4v) is 2.20. The van der Waals surface area contributed by atoms with Gasteiger partial charge in [-0.1, -0.05) is 0 Å². The molecule has 0 unspecified atom stereocenters. The molecular weight excluding hydrogens is 273 g/mol. The molecule has 0 aliphatic rings. The fraction of sp³-hybridized carbons (Fsp3) is 0.182. The van der Waals surface area contributed by atoms with Crippen molar-refractivity contribution in [1.82, 2.24) is 4.98 Å². The van der Waals surface area contributed by atoms with Gasteiger partial charge in [-0.05, 0) is 12.1 Å². The number of nitro benzene ring substituents is 1. The van der Waals surface area contributed by atoms with Crippen LogP contribution in [-0.2, 0) is 13.2 Å². The Balaban J connectivity index is 2.12. The fourth-order valence-electron chi connectivity index (χ4n) is 1.48. The van der Waals surface area contributed by atoms with E-state index in [2.05, 4.69) is 10.3 Å². The molecule has 0 saturated heterocycles. The van der Waals surface area contributed by atoms with Gasteiger partial charge in [-0.2, -0.15) is 0 Å². The average molecular weight is 283 g/mol. The molecule has 100 valence electrons. The maximum absolute atomic E-state index is 12.9. The van der Waals surface area contributed by atoms with Crippen LogP contribution in [0.4, 0.5) is 15.8 Å². The molecule has 0 radical (unpaired) electrons. The van der Waals surface area contributed by atoms with Crippen LogP contribution in [0.5, 0.6) is 0 Å². The lowest BCUT2D eigenvalue weighted by atomic mass is 10.2. The van der Waals surface area contributed by atoms with Crippen LogP contribution in [0.2, 0.25) is 0 Å². The highest BCUT2D eigenvalue weighted by Gasteiger charge is 2.14. The minimum absolute atomic E-state index is 0.146. The van der Waals surface area contributed by atoms with Crippen molar-refractivity contribution in [3.63, 3.8) is 0 Å². The van der Waals surface area contributed by atoms with E-state index in [4.69, 9.17) is 5.11 Å². The first kappa shape index (κ1) is 13.4. The van der Waals surface area contributed by atoms with Crippen molar-refractivity contribution in [2.24, 2.45) is 0 Å². The number of rotatable bonds is 5. The second-order valence-corrected chi connectivity index (χ2v) is 4.61. The molecule has 0 amide bonds. The number of thiazole rings is 1. The first-order chi connectivity index (χ1) is 9.10. The highest BCUT2D eigenvalue weighted by molar-refractivity contribution is 7.09. The Morgan fingerprint density at radius 3 is 2.95 bits per heavy atom. The zero-order valence-electron chi connectivity index (χ0n) is 9.67. The van der Waals surface area contributed by atoms with E-state index < -0.39 is 10.7 Å². The van der Waals surface area contributed by atoms with E-state index in [1.54, 1.807) is 5.38 Å². The Bertz CT molecular complexity index is 603. The molecule has 1 aromatic heterocycles. The SMILES string of the molecule is O=[N+]([O-])c1cc(F)ccc1NCc1nc(CO)cs1. The third-order valence-corrected chi connectivity index (χ3v) is 3.25. The Hall–Kier alpha value is -2.06. The highest BCUT2D eigenvalue weighted by atomic mass is 32.1. The number of aromatic nitrogens is 1. The molecule has 8 heteroatoms. The van der Waals surface area contributed by atoms with Gasteiger partial charge in [0.2, 0.25) is 0 Å². The Morgan fingerprint density at radius 2 is 2.32 bits per heavy atom. The first-order valence-corrected chi connectivity index (χ1v) is 6.20. The molecule has 0 atom stereocenters. The van der Waals surface area contributed by atoms with Crippen molar-refractivity contribution in [1.29, 1.82) is 0 Å². The number of nitrogens with one attached hydrogen (secondary N) is 1. The van der Waals surface area contributed by atoms with E-state index in [0.717, 1.165) is 12.1 Å². The zero-order valence-corrected chi connectivity index (χ0v) is 10.5. The minimum atomic E-state index is -0.658. The normalized spacial score (nSPS) is 10.4. The summed E-state index contributed by atoms with van der Waals surface area (Å²) in [6.45, 7) is 0.129. The summed E-state index contributed by atoms with van der Waals surface area (Å²) in [6.07, 6.45) is 0. The molecule has 0 saturated carbocycles.